The number of benzene rings is 2. The van der Waals surface area contributed by atoms with Crippen molar-refractivity contribution in [1.82, 2.24) is 10.6 Å². The van der Waals surface area contributed by atoms with Gasteiger partial charge in [0.1, 0.15) is 18.1 Å². The molecule has 26 heavy (non-hydrogen) atoms. The Bertz CT molecular complexity index is 733. The molecule has 7 heteroatoms. The lowest BCUT2D eigenvalue weighted by molar-refractivity contribution is 0.174. The molecular formula is C19H22N2O5. The lowest BCUT2D eigenvalue weighted by Gasteiger charge is -2.10. The number of hydrogen-bond acceptors (Lipinski definition) is 5. The second-order valence-electron chi connectivity index (χ2n) is 5.55. The molecule has 0 unspecified atom stereocenters. The zero-order chi connectivity index (χ0) is 18.2. The summed E-state index contributed by atoms with van der Waals surface area (Å²) in [5, 5.41) is 5.54. The van der Waals surface area contributed by atoms with E-state index >= 15 is 0 Å². The summed E-state index contributed by atoms with van der Waals surface area (Å²) in [6, 6.07) is 12.7. The Morgan fingerprint density at radius 3 is 2.50 bits per heavy atom. The predicted octanol–water partition coefficient (Wildman–Crippen LogP) is 2.69. The number of carbonyl (C=O) groups excluding carboxylic acids is 1. The van der Waals surface area contributed by atoms with Crippen molar-refractivity contribution in [3.8, 4) is 23.0 Å². The van der Waals surface area contributed by atoms with Crippen molar-refractivity contribution in [2.45, 2.75) is 13.5 Å². The molecule has 7 nitrogen and oxygen atoms in total. The minimum absolute atomic E-state index is 0.237. The third-order valence-electron chi connectivity index (χ3n) is 3.68. The van der Waals surface area contributed by atoms with Crippen molar-refractivity contribution in [2.75, 3.05) is 26.6 Å². The normalized spacial score (nSPS) is 11.7. The van der Waals surface area contributed by atoms with Crippen molar-refractivity contribution in [3.63, 3.8) is 0 Å². The fourth-order valence-electron chi connectivity index (χ4n) is 2.43. The van der Waals surface area contributed by atoms with Crippen LogP contribution in [0.3, 0.4) is 0 Å². The minimum atomic E-state index is -0.252. The van der Waals surface area contributed by atoms with E-state index in [4.69, 9.17) is 18.9 Å². The molecule has 2 N–H and O–H groups in total. The molecule has 1 heterocycles. The maximum atomic E-state index is 11.8. The molecule has 0 atom stereocenters. The SMILES string of the molecule is CCOc1ccc(OCCNC(=O)NCc2ccc3c(c2)OCO3)cc1. The molecule has 0 spiro atoms. The number of amides is 2. The highest BCUT2D eigenvalue weighted by Crippen LogP contribution is 2.32. The second-order valence-corrected chi connectivity index (χ2v) is 5.55. The summed E-state index contributed by atoms with van der Waals surface area (Å²) in [4.78, 5) is 11.8. The number of fused-ring (bicyclic) bond motifs is 1. The van der Waals surface area contributed by atoms with E-state index in [-0.39, 0.29) is 12.8 Å². The van der Waals surface area contributed by atoms with Gasteiger partial charge in [0, 0.05) is 6.54 Å². The summed E-state index contributed by atoms with van der Waals surface area (Å²) in [5.74, 6) is 2.97. The van der Waals surface area contributed by atoms with E-state index in [1.54, 1.807) is 0 Å². The Morgan fingerprint density at radius 1 is 1.00 bits per heavy atom. The highest BCUT2D eigenvalue weighted by atomic mass is 16.7. The molecule has 1 aliphatic heterocycles. The van der Waals surface area contributed by atoms with Crippen LogP contribution in [0.1, 0.15) is 12.5 Å². The summed E-state index contributed by atoms with van der Waals surface area (Å²) < 4.78 is 21.5. The summed E-state index contributed by atoms with van der Waals surface area (Å²) >= 11 is 0. The number of ether oxygens (including phenoxy) is 4. The minimum Gasteiger partial charge on any atom is -0.494 e. The maximum absolute atomic E-state index is 11.8. The molecule has 0 radical (unpaired) electrons. The molecule has 138 valence electrons. The molecule has 2 aromatic carbocycles. The van der Waals surface area contributed by atoms with Gasteiger partial charge in [0.05, 0.1) is 13.2 Å². The van der Waals surface area contributed by atoms with E-state index in [2.05, 4.69) is 10.6 Å². The van der Waals surface area contributed by atoms with Gasteiger partial charge in [0.2, 0.25) is 6.79 Å². The van der Waals surface area contributed by atoms with Crippen LogP contribution in [0.4, 0.5) is 4.79 Å². The average molecular weight is 358 g/mol. The standard InChI is InChI=1S/C19H22N2O5/c1-2-23-15-4-6-16(7-5-15)24-10-9-20-19(22)21-12-14-3-8-17-18(11-14)26-13-25-17/h3-8,11H,2,9-10,12-13H2,1H3,(H2,20,21,22). The monoisotopic (exact) mass is 358 g/mol. The first-order valence-corrected chi connectivity index (χ1v) is 8.50. The molecule has 0 saturated carbocycles. The molecule has 0 aliphatic carbocycles. The van der Waals surface area contributed by atoms with E-state index in [0.717, 1.165) is 22.8 Å². The van der Waals surface area contributed by atoms with Gasteiger partial charge in [-0.3, -0.25) is 0 Å². The average Bonchev–Trinajstić information content (AvgIpc) is 3.13. The Balaban J connectivity index is 1.33. The lowest BCUT2D eigenvalue weighted by atomic mass is 10.2. The smallest absolute Gasteiger partial charge is 0.315 e. The van der Waals surface area contributed by atoms with Gasteiger partial charge in [-0.2, -0.15) is 0 Å². The van der Waals surface area contributed by atoms with E-state index in [9.17, 15) is 4.79 Å². The van der Waals surface area contributed by atoms with Gasteiger partial charge in [-0.25, -0.2) is 4.79 Å². The number of nitrogens with one attached hydrogen (secondary N) is 2. The molecule has 0 bridgehead atoms. The third-order valence-corrected chi connectivity index (χ3v) is 3.68. The van der Waals surface area contributed by atoms with Crippen LogP contribution in [-0.4, -0.2) is 32.6 Å². The zero-order valence-electron chi connectivity index (χ0n) is 14.6. The van der Waals surface area contributed by atoms with Gasteiger partial charge >= 0.3 is 6.03 Å². The van der Waals surface area contributed by atoms with E-state index < -0.39 is 0 Å². The van der Waals surface area contributed by atoms with Crippen LogP contribution in [0.15, 0.2) is 42.5 Å². The molecule has 0 saturated heterocycles. The molecule has 2 amide bonds. The molecule has 2 aromatic rings. The van der Waals surface area contributed by atoms with Gasteiger partial charge in [0.15, 0.2) is 11.5 Å². The number of urea groups is 1. The topological polar surface area (TPSA) is 78.1 Å². The first-order chi connectivity index (χ1) is 12.7. The molecule has 1 aliphatic rings. The summed E-state index contributed by atoms with van der Waals surface area (Å²) in [6.07, 6.45) is 0. The van der Waals surface area contributed by atoms with Crippen LogP contribution in [0.25, 0.3) is 0 Å². The Hall–Kier alpha value is -3.09. The summed E-state index contributed by atoms with van der Waals surface area (Å²) in [5.41, 5.74) is 0.940. The van der Waals surface area contributed by atoms with Crippen LogP contribution >= 0.6 is 0 Å². The summed E-state index contributed by atoms with van der Waals surface area (Å²) in [7, 11) is 0. The molecule has 3 rings (SSSR count). The number of hydrogen-bond donors (Lipinski definition) is 2. The fourth-order valence-corrected chi connectivity index (χ4v) is 2.43. The zero-order valence-corrected chi connectivity index (χ0v) is 14.6. The largest absolute Gasteiger partial charge is 0.494 e. The van der Waals surface area contributed by atoms with Crippen molar-refractivity contribution >= 4 is 6.03 Å². The quantitative estimate of drug-likeness (QED) is 0.710. The van der Waals surface area contributed by atoms with Crippen LogP contribution in [-0.2, 0) is 6.54 Å². The van der Waals surface area contributed by atoms with Crippen LogP contribution < -0.4 is 29.6 Å². The van der Waals surface area contributed by atoms with Crippen molar-refractivity contribution in [1.29, 1.82) is 0 Å². The van der Waals surface area contributed by atoms with Gasteiger partial charge in [-0.1, -0.05) is 6.07 Å². The lowest BCUT2D eigenvalue weighted by Crippen LogP contribution is -2.37. The van der Waals surface area contributed by atoms with E-state index in [1.165, 1.54) is 0 Å². The Labute approximate surface area is 152 Å². The van der Waals surface area contributed by atoms with E-state index in [0.29, 0.717) is 32.1 Å². The molecule has 0 aromatic heterocycles. The maximum Gasteiger partial charge on any atom is 0.315 e. The van der Waals surface area contributed by atoms with Crippen LogP contribution in [0.2, 0.25) is 0 Å². The van der Waals surface area contributed by atoms with Crippen LogP contribution in [0, 0.1) is 0 Å². The van der Waals surface area contributed by atoms with Crippen molar-refractivity contribution in [2.24, 2.45) is 0 Å². The highest BCUT2D eigenvalue weighted by Gasteiger charge is 2.13. The number of rotatable bonds is 8. The van der Waals surface area contributed by atoms with Gasteiger partial charge < -0.3 is 29.6 Å². The Morgan fingerprint density at radius 2 is 1.73 bits per heavy atom. The first-order valence-electron chi connectivity index (χ1n) is 8.50. The molecule has 0 fully saturated rings. The Kier molecular flexibility index (Phi) is 6.03. The van der Waals surface area contributed by atoms with Crippen LogP contribution in [0.5, 0.6) is 23.0 Å². The third kappa shape index (κ3) is 4.95. The highest BCUT2D eigenvalue weighted by molar-refractivity contribution is 5.73. The second kappa shape index (κ2) is 8.84. The van der Waals surface area contributed by atoms with Crippen molar-refractivity contribution in [3.05, 3.63) is 48.0 Å². The predicted molar refractivity (Wildman–Crippen MR) is 95.9 cm³/mol. The van der Waals surface area contributed by atoms with Gasteiger partial charge in [-0.15, -0.1) is 0 Å². The van der Waals surface area contributed by atoms with Crippen molar-refractivity contribution < 1.29 is 23.7 Å². The molecular weight excluding hydrogens is 336 g/mol. The number of carbonyl (C=O) groups is 1. The van der Waals surface area contributed by atoms with E-state index in [1.807, 2.05) is 49.4 Å². The van der Waals surface area contributed by atoms with Gasteiger partial charge in [-0.05, 0) is 48.9 Å². The first kappa shape index (κ1) is 17.7. The van der Waals surface area contributed by atoms with Gasteiger partial charge in [0.25, 0.3) is 0 Å². The summed E-state index contributed by atoms with van der Waals surface area (Å²) in [6.45, 7) is 3.99. The fraction of sp³-hybridized carbons (Fsp3) is 0.316.